The third-order valence-corrected chi connectivity index (χ3v) is 5.28. The molecule has 1 unspecified atom stereocenters. The smallest absolute Gasteiger partial charge is 0.261 e. The third kappa shape index (κ3) is 2.98. The summed E-state index contributed by atoms with van der Waals surface area (Å²) in [6, 6.07) is 8.46. The van der Waals surface area contributed by atoms with E-state index in [0.29, 0.717) is 48.2 Å². The lowest BCUT2D eigenvalue weighted by molar-refractivity contribution is 0.102. The Morgan fingerprint density at radius 3 is 2.72 bits per heavy atom. The van der Waals surface area contributed by atoms with Crippen LogP contribution in [0.25, 0.3) is 10.9 Å². The number of fused-ring (bicyclic) bond motifs is 1. The van der Waals surface area contributed by atoms with E-state index < -0.39 is 11.3 Å². The summed E-state index contributed by atoms with van der Waals surface area (Å²) in [4.78, 5) is 26.0. The summed E-state index contributed by atoms with van der Waals surface area (Å²) in [7, 11) is 0. The van der Waals surface area contributed by atoms with Crippen molar-refractivity contribution in [3.63, 3.8) is 0 Å². The van der Waals surface area contributed by atoms with Crippen molar-refractivity contribution in [2.75, 3.05) is 18.5 Å². The van der Waals surface area contributed by atoms with Gasteiger partial charge in [-0.15, -0.1) is 0 Å². The van der Waals surface area contributed by atoms with E-state index in [9.17, 15) is 9.59 Å². The number of anilines is 1. The average molecular weight is 413 g/mol. The van der Waals surface area contributed by atoms with Crippen molar-refractivity contribution in [2.45, 2.75) is 19.6 Å². The molecule has 0 saturated heterocycles. The van der Waals surface area contributed by atoms with Gasteiger partial charge in [0.15, 0.2) is 11.5 Å². The number of aromatic nitrogens is 1. The van der Waals surface area contributed by atoms with Gasteiger partial charge in [-0.1, -0.05) is 11.6 Å². The number of halogens is 1. The van der Waals surface area contributed by atoms with Crippen molar-refractivity contribution in [3.05, 3.63) is 57.3 Å². The number of benzene rings is 2. The monoisotopic (exact) mass is 412 g/mol. The number of hydrogen-bond donors (Lipinski definition) is 1. The number of ether oxygens (including phenoxy) is 3. The Balaban J connectivity index is 1.57. The highest BCUT2D eigenvalue weighted by Crippen LogP contribution is 2.34. The summed E-state index contributed by atoms with van der Waals surface area (Å²) >= 11 is 6.31. The first kappa shape index (κ1) is 17.9. The fourth-order valence-corrected chi connectivity index (χ4v) is 3.95. The molecule has 1 N–H and O–H groups in total. The molecule has 3 aromatic rings. The molecule has 1 amide bonds. The van der Waals surface area contributed by atoms with E-state index in [0.717, 1.165) is 0 Å². The number of carbonyl (C=O) groups is 1. The molecule has 0 bridgehead atoms. The molecule has 148 valence electrons. The van der Waals surface area contributed by atoms with Gasteiger partial charge in [0.2, 0.25) is 5.43 Å². The van der Waals surface area contributed by atoms with Crippen LogP contribution >= 0.6 is 11.6 Å². The minimum absolute atomic E-state index is 0.0144. The van der Waals surface area contributed by atoms with Crippen LogP contribution in [-0.4, -0.2) is 29.8 Å². The second-order valence-corrected chi connectivity index (χ2v) is 7.44. The summed E-state index contributed by atoms with van der Waals surface area (Å²) in [5.41, 5.74) is 0.697. The van der Waals surface area contributed by atoms with Crippen LogP contribution in [0.5, 0.6) is 17.2 Å². The van der Waals surface area contributed by atoms with Crippen LogP contribution in [0.4, 0.5) is 5.69 Å². The fraction of sp³-hybridized carbons (Fsp3) is 0.238. The van der Waals surface area contributed by atoms with E-state index in [-0.39, 0.29) is 22.1 Å². The Morgan fingerprint density at radius 1 is 1.14 bits per heavy atom. The topological polar surface area (TPSA) is 78.8 Å². The first-order chi connectivity index (χ1) is 14.0. The van der Waals surface area contributed by atoms with Crippen LogP contribution in [0.1, 0.15) is 17.3 Å². The van der Waals surface area contributed by atoms with Crippen molar-refractivity contribution in [3.8, 4) is 17.2 Å². The Morgan fingerprint density at radius 2 is 1.90 bits per heavy atom. The molecule has 0 radical (unpaired) electrons. The molecule has 5 rings (SSSR count). The summed E-state index contributed by atoms with van der Waals surface area (Å²) in [5, 5.41) is 3.34. The Labute approximate surface area is 170 Å². The molecule has 0 fully saturated rings. The van der Waals surface area contributed by atoms with E-state index in [1.54, 1.807) is 36.5 Å². The molecule has 0 saturated carbocycles. The molecular weight excluding hydrogens is 396 g/mol. The number of hydrogen-bond acceptors (Lipinski definition) is 5. The van der Waals surface area contributed by atoms with Gasteiger partial charge in [-0.25, -0.2) is 0 Å². The molecule has 1 atom stereocenters. The standard InChI is InChI=1S/C21H17ClN2O5/c1-11-9-24-10-13(20(25)18-14(22)3-5-16(29-11)19(18)24)21(26)23-12-2-4-15-17(8-12)28-7-6-27-15/h2-5,8,10-11H,6-7,9H2,1H3,(H,23,26). The molecule has 3 heterocycles. The third-order valence-electron chi connectivity index (χ3n) is 4.96. The largest absolute Gasteiger partial charge is 0.487 e. The van der Waals surface area contributed by atoms with Gasteiger partial charge in [0.25, 0.3) is 5.91 Å². The van der Waals surface area contributed by atoms with E-state index in [1.165, 1.54) is 0 Å². The molecule has 0 spiro atoms. The Bertz CT molecular complexity index is 1220. The summed E-state index contributed by atoms with van der Waals surface area (Å²) in [6.07, 6.45) is 1.47. The van der Waals surface area contributed by atoms with Gasteiger partial charge < -0.3 is 24.1 Å². The van der Waals surface area contributed by atoms with Crippen LogP contribution in [-0.2, 0) is 6.54 Å². The van der Waals surface area contributed by atoms with E-state index in [4.69, 9.17) is 25.8 Å². The van der Waals surface area contributed by atoms with Gasteiger partial charge in [-0.05, 0) is 31.2 Å². The van der Waals surface area contributed by atoms with Crippen molar-refractivity contribution >= 4 is 34.1 Å². The molecule has 2 aliphatic heterocycles. The number of carbonyl (C=O) groups excluding carboxylic acids is 1. The zero-order valence-corrected chi connectivity index (χ0v) is 16.3. The highest BCUT2D eigenvalue weighted by molar-refractivity contribution is 6.35. The number of nitrogens with one attached hydrogen (secondary N) is 1. The SMILES string of the molecule is CC1Cn2cc(C(=O)Nc3ccc4c(c3)OCCO4)c(=O)c3c(Cl)ccc(c32)O1. The normalized spacial score (nSPS) is 17.0. The Kier molecular flexibility index (Phi) is 4.13. The second kappa shape index (κ2) is 6.70. The number of pyridine rings is 1. The summed E-state index contributed by atoms with van der Waals surface area (Å²) < 4.78 is 18.7. The number of amides is 1. The lowest BCUT2D eigenvalue weighted by atomic mass is 10.1. The predicted octanol–water partition coefficient (Wildman–Crippen LogP) is 3.46. The minimum atomic E-state index is -0.516. The maximum absolute atomic E-state index is 13.1. The lowest BCUT2D eigenvalue weighted by Gasteiger charge is -2.26. The van der Waals surface area contributed by atoms with Crippen LogP contribution in [0.2, 0.25) is 5.02 Å². The zero-order chi connectivity index (χ0) is 20.1. The molecule has 8 heteroatoms. The van der Waals surface area contributed by atoms with Crippen molar-refractivity contribution in [1.82, 2.24) is 4.57 Å². The van der Waals surface area contributed by atoms with Gasteiger partial charge in [0.1, 0.15) is 30.6 Å². The van der Waals surface area contributed by atoms with Gasteiger partial charge in [0.05, 0.1) is 22.5 Å². The van der Waals surface area contributed by atoms with Gasteiger partial charge in [0, 0.05) is 18.0 Å². The van der Waals surface area contributed by atoms with Gasteiger partial charge in [-0.3, -0.25) is 9.59 Å². The summed E-state index contributed by atoms with van der Waals surface area (Å²) in [5.74, 6) is 1.24. The van der Waals surface area contributed by atoms with Crippen LogP contribution < -0.4 is 25.0 Å². The second-order valence-electron chi connectivity index (χ2n) is 7.03. The Hall–Kier alpha value is -3.19. The molecule has 2 aliphatic rings. The van der Waals surface area contributed by atoms with E-state index in [1.807, 2.05) is 11.5 Å². The van der Waals surface area contributed by atoms with E-state index in [2.05, 4.69) is 5.32 Å². The molecular formula is C21H17ClN2O5. The van der Waals surface area contributed by atoms with Gasteiger partial charge in [-0.2, -0.15) is 0 Å². The van der Waals surface area contributed by atoms with Crippen molar-refractivity contribution in [2.24, 2.45) is 0 Å². The van der Waals surface area contributed by atoms with Crippen LogP contribution in [0.15, 0.2) is 41.3 Å². The molecule has 29 heavy (non-hydrogen) atoms. The van der Waals surface area contributed by atoms with Crippen LogP contribution in [0.3, 0.4) is 0 Å². The maximum Gasteiger partial charge on any atom is 0.261 e. The summed E-state index contributed by atoms with van der Waals surface area (Å²) in [6.45, 7) is 3.37. The van der Waals surface area contributed by atoms with Crippen molar-refractivity contribution in [1.29, 1.82) is 0 Å². The first-order valence-corrected chi connectivity index (χ1v) is 9.62. The highest BCUT2D eigenvalue weighted by Gasteiger charge is 2.25. The minimum Gasteiger partial charge on any atom is -0.487 e. The highest BCUT2D eigenvalue weighted by atomic mass is 35.5. The number of rotatable bonds is 2. The predicted molar refractivity (Wildman–Crippen MR) is 109 cm³/mol. The molecule has 1 aromatic heterocycles. The molecule has 0 aliphatic carbocycles. The fourth-order valence-electron chi connectivity index (χ4n) is 3.71. The quantitative estimate of drug-likeness (QED) is 0.697. The first-order valence-electron chi connectivity index (χ1n) is 9.24. The van der Waals surface area contributed by atoms with Gasteiger partial charge >= 0.3 is 0 Å². The molecule has 2 aromatic carbocycles. The molecule has 7 nitrogen and oxygen atoms in total. The van der Waals surface area contributed by atoms with E-state index >= 15 is 0 Å². The number of nitrogens with zero attached hydrogens (tertiary/aromatic N) is 1. The van der Waals surface area contributed by atoms with Crippen LogP contribution in [0, 0.1) is 0 Å². The lowest BCUT2D eigenvalue weighted by Crippen LogP contribution is -2.30. The zero-order valence-electron chi connectivity index (χ0n) is 15.5. The average Bonchev–Trinajstić information content (AvgIpc) is 2.71. The van der Waals surface area contributed by atoms with Crippen molar-refractivity contribution < 1.29 is 19.0 Å². The maximum atomic E-state index is 13.1.